The van der Waals surface area contributed by atoms with E-state index < -0.39 is 0 Å². The van der Waals surface area contributed by atoms with E-state index in [0.717, 1.165) is 44.7 Å². The predicted octanol–water partition coefficient (Wildman–Crippen LogP) is 5.42. The number of H-pyrrole nitrogens is 1. The van der Waals surface area contributed by atoms with E-state index >= 15 is 0 Å². The van der Waals surface area contributed by atoms with Crippen LogP contribution in [-0.2, 0) is 4.79 Å². The van der Waals surface area contributed by atoms with E-state index in [9.17, 15) is 4.79 Å². The number of amides is 1. The van der Waals surface area contributed by atoms with Crippen molar-refractivity contribution in [1.29, 1.82) is 0 Å². The van der Waals surface area contributed by atoms with Gasteiger partial charge in [0, 0.05) is 29.7 Å². The van der Waals surface area contributed by atoms with Crippen molar-refractivity contribution in [3.8, 4) is 11.5 Å². The van der Waals surface area contributed by atoms with Gasteiger partial charge in [-0.2, -0.15) is 0 Å². The molecule has 0 aliphatic rings. The van der Waals surface area contributed by atoms with Crippen LogP contribution in [0.3, 0.4) is 0 Å². The van der Waals surface area contributed by atoms with Crippen LogP contribution in [0.2, 0.25) is 0 Å². The van der Waals surface area contributed by atoms with Gasteiger partial charge in [0.25, 0.3) is 5.91 Å². The molecular weight excluding hydrogens is 400 g/mol. The Morgan fingerprint density at radius 3 is 2.34 bits per heavy atom. The van der Waals surface area contributed by atoms with E-state index in [1.807, 2.05) is 87.8 Å². The molecule has 4 aromatic rings. The molecule has 4 rings (SSSR count). The van der Waals surface area contributed by atoms with Gasteiger partial charge in [0.1, 0.15) is 11.5 Å². The number of hydrogen-bond acceptors (Lipinski definition) is 3. The van der Waals surface area contributed by atoms with Crippen LogP contribution >= 0.6 is 0 Å². The minimum Gasteiger partial charge on any atom is -0.497 e. The number of likely N-dealkylation sites (N-methyl/N-ethyl adjacent to an activating group) is 1. The summed E-state index contributed by atoms with van der Waals surface area (Å²) < 4.78 is 11.3. The number of fused-ring (bicyclic) bond motifs is 1. The number of hydrogen-bond donors (Lipinski definition) is 1. The van der Waals surface area contributed by atoms with Crippen LogP contribution in [0.5, 0.6) is 11.5 Å². The number of benzene rings is 3. The van der Waals surface area contributed by atoms with Crippen LogP contribution in [-0.4, -0.2) is 36.6 Å². The third-order valence-corrected chi connectivity index (χ3v) is 5.88. The maximum Gasteiger partial charge on any atom is 0.261 e. The lowest BCUT2D eigenvalue weighted by Crippen LogP contribution is -2.35. The van der Waals surface area contributed by atoms with Gasteiger partial charge in [0.15, 0.2) is 6.61 Å². The number of carbonyl (C=O) groups is 1. The number of para-hydroxylation sites is 2. The Hall–Kier alpha value is -3.73. The Morgan fingerprint density at radius 1 is 0.969 bits per heavy atom. The largest absolute Gasteiger partial charge is 0.497 e. The summed E-state index contributed by atoms with van der Waals surface area (Å²) in [5.41, 5.74) is 5.10. The maximum absolute atomic E-state index is 13.3. The van der Waals surface area contributed by atoms with Crippen LogP contribution < -0.4 is 9.47 Å². The first-order valence-electron chi connectivity index (χ1n) is 10.6. The number of aryl methyl sites for hydroxylation is 2. The van der Waals surface area contributed by atoms with Crippen LogP contribution in [0.15, 0.2) is 72.9 Å². The molecular formula is C27H28N2O3. The van der Waals surface area contributed by atoms with E-state index in [-0.39, 0.29) is 18.6 Å². The highest BCUT2D eigenvalue weighted by atomic mass is 16.5. The first-order valence-corrected chi connectivity index (χ1v) is 10.6. The Kier molecular flexibility index (Phi) is 6.17. The van der Waals surface area contributed by atoms with Gasteiger partial charge in [-0.05, 0) is 48.7 Å². The van der Waals surface area contributed by atoms with Gasteiger partial charge in [0.05, 0.1) is 13.2 Å². The van der Waals surface area contributed by atoms with Crippen molar-refractivity contribution >= 4 is 16.8 Å². The Balaban J connectivity index is 1.66. The minimum absolute atomic E-state index is 0.0306. The number of ether oxygens (including phenoxy) is 2. The van der Waals surface area contributed by atoms with Crippen LogP contribution in [0.1, 0.15) is 28.3 Å². The van der Waals surface area contributed by atoms with E-state index in [2.05, 4.69) is 11.1 Å². The highest BCUT2D eigenvalue weighted by Crippen LogP contribution is 2.34. The number of methoxy groups -OCH3 is 1. The molecule has 0 aliphatic heterocycles. The summed E-state index contributed by atoms with van der Waals surface area (Å²) in [4.78, 5) is 18.4. The second kappa shape index (κ2) is 9.18. The average molecular weight is 429 g/mol. The highest BCUT2D eigenvalue weighted by molar-refractivity contribution is 5.86. The van der Waals surface area contributed by atoms with Crippen molar-refractivity contribution in [2.75, 3.05) is 20.8 Å². The molecule has 0 fully saturated rings. The van der Waals surface area contributed by atoms with Crippen molar-refractivity contribution in [3.63, 3.8) is 0 Å². The van der Waals surface area contributed by atoms with Gasteiger partial charge in [-0.15, -0.1) is 0 Å². The summed E-state index contributed by atoms with van der Waals surface area (Å²) in [5.74, 6) is 1.44. The van der Waals surface area contributed by atoms with Gasteiger partial charge >= 0.3 is 0 Å². The zero-order chi connectivity index (χ0) is 22.7. The molecule has 0 unspecified atom stereocenters. The number of aromatic nitrogens is 1. The monoisotopic (exact) mass is 428 g/mol. The number of carbonyl (C=O) groups excluding carboxylic acids is 1. The van der Waals surface area contributed by atoms with Gasteiger partial charge < -0.3 is 19.4 Å². The Labute approximate surface area is 188 Å². The fourth-order valence-electron chi connectivity index (χ4n) is 4.12. The van der Waals surface area contributed by atoms with Gasteiger partial charge in [-0.3, -0.25) is 4.79 Å². The molecule has 0 aliphatic carbocycles. The zero-order valence-electron chi connectivity index (χ0n) is 18.9. The number of nitrogens with zero attached hydrogens (tertiary/aromatic N) is 1. The van der Waals surface area contributed by atoms with E-state index in [1.54, 1.807) is 12.0 Å². The molecule has 1 heterocycles. The molecule has 0 spiro atoms. The van der Waals surface area contributed by atoms with Gasteiger partial charge in [0.2, 0.25) is 0 Å². The number of rotatable bonds is 7. The fourth-order valence-corrected chi connectivity index (χ4v) is 4.12. The van der Waals surface area contributed by atoms with Gasteiger partial charge in [-0.25, -0.2) is 0 Å². The summed E-state index contributed by atoms with van der Waals surface area (Å²) in [5, 5.41) is 1.09. The molecule has 0 saturated heterocycles. The molecule has 1 aromatic heterocycles. The molecule has 3 aromatic carbocycles. The summed E-state index contributed by atoms with van der Waals surface area (Å²) in [6, 6.07) is 21.7. The van der Waals surface area contributed by atoms with Crippen molar-refractivity contribution < 1.29 is 14.3 Å². The molecule has 1 atom stereocenters. The maximum atomic E-state index is 13.3. The number of nitrogens with one attached hydrogen (secondary N) is 1. The smallest absolute Gasteiger partial charge is 0.261 e. The first-order chi connectivity index (χ1) is 15.5. The molecule has 164 valence electrons. The Morgan fingerprint density at radius 2 is 1.66 bits per heavy atom. The third-order valence-electron chi connectivity index (χ3n) is 5.88. The fraction of sp³-hybridized carbons (Fsp3) is 0.222. The van der Waals surface area contributed by atoms with E-state index in [0.29, 0.717) is 0 Å². The first kappa shape index (κ1) is 21.5. The lowest BCUT2D eigenvalue weighted by atomic mass is 9.96. The van der Waals surface area contributed by atoms with Gasteiger partial charge in [-0.1, -0.05) is 48.5 Å². The third kappa shape index (κ3) is 4.19. The SMILES string of the molecule is COc1ccc([C@@H](c2c[nH]c3ccccc23)N(C)C(=O)COc2c(C)cccc2C)cc1. The van der Waals surface area contributed by atoms with Crippen molar-refractivity contribution in [2.24, 2.45) is 0 Å². The lowest BCUT2D eigenvalue weighted by molar-refractivity contribution is -0.133. The quantitative estimate of drug-likeness (QED) is 0.428. The second-order valence-corrected chi connectivity index (χ2v) is 7.98. The second-order valence-electron chi connectivity index (χ2n) is 7.98. The highest BCUT2D eigenvalue weighted by Gasteiger charge is 2.26. The molecule has 1 amide bonds. The number of aromatic amines is 1. The summed E-state index contributed by atoms with van der Waals surface area (Å²) in [7, 11) is 3.47. The van der Waals surface area contributed by atoms with Crippen molar-refractivity contribution in [1.82, 2.24) is 9.88 Å². The van der Waals surface area contributed by atoms with E-state index in [4.69, 9.17) is 9.47 Å². The molecule has 0 bridgehead atoms. The predicted molar refractivity (Wildman–Crippen MR) is 127 cm³/mol. The molecule has 5 nitrogen and oxygen atoms in total. The molecule has 0 radical (unpaired) electrons. The van der Waals surface area contributed by atoms with Crippen molar-refractivity contribution in [2.45, 2.75) is 19.9 Å². The lowest BCUT2D eigenvalue weighted by Gasteiger charge is -2.29. The molecule has 5 heteroatoms. The Bertz CT molecular complexity index is 1210. The van der Waals surface area contributed by atoms with Crippen molar-refractivity contribution in [3.05, 3.63) is 95.2 Å². The molecule has 1 N–H and O–H groups in total. The minimum atomic E-state index is -0.272. The topological polar surface area (TPSA) is 54.6 Å². The average Bonchev–Trinajstić information content (AvgIpc) is 3.23. The molecule has 0 saturated carbocycles. The zero-order valence-corrected chi connectivity index (χ0v) is 18.9. The molecule has 32 heavy (non-hydrogen) atoms. The van der Waals surface area contributed by atoms with Crippen LogP contribution in [0.25, 0.3) is 10.9 Å². The standard InChI is InChI=1S/C27H28N2O3/c1-18-8-7-9-19(2)27(18)32-17-25(30)29(3)26(20-12-14-21(31-4)15-13-20)23-16-28-24-11-6-5-10-22(23)24/h5-16,26,28H,17H2,1-4H3/t26-/m0/s1. The normalized spacial score (nSPS) is 11.9. The summed E-state index contributed by atoms with van der Waals surface area (Å²) >= 11 is 0. The summed E-state index contributed by atoms with van der Waals surface area (Å²) in [6.45, 7) is 3.95. The van der Waals surface area contributed by atoms with E-state index in [1.165, 1.54) is 0 Å². The summed E-state index contributed by atoms with van der Waals surface area (Å²) in [6.07, 6.45) is 1.98. The van der Waals surface area contributed by atoms with Crippen LogP contribution in [0, 0.1) is 13.8 Å². The van der Waals surface area contributed by atoms with Crippen LogP contribution in [0.4, 0.5) is 0 Å².